The zero-order chi connectivity index (χ0) is 24.5. The highest BCUT2D eigenvalue weighted by Crippen LogP contribution is 2.40. The third kappa shape index (κ3) is 6.72. The summed E-state index contributed by atoms with van der Waals surface area (Å²) in [5, 5.41) is 10.9. The molecule has 0 heterocycles. The molecule has 0 aromatic heterocycles. The lowest BCUT2D eigenvalue weighted by molar-refractivity contribution is -0.126. The van der Waals surface area contributed by atoms with E-state index in [9.17, 15) is 9.59 Å². The van der Waals surface area contributed by atoms with Gasteiger partial charge in [-0.3, -0.25) is 9.59 Å². The molecule has 0 radical (unpaired) electrons. The van der Waals surface area contributed by atoms with Gasteiger partial charge >= 0.3 is 0 Å². The van der Waals surface area contributed by atoms with Crippen LogP contribution in [-0.2, 0) is 9.59 Å². The molecular formula is C22H25Cl2N3O6. The van der Waals surface area contributed by atoms with E-state index in [1.165, 1.54) is 39.3 Å². The number of anilines is 1. The first-order valence-electron chi connectivity index (χ1n) is 9.98. The molecule has 9 nitrogen and oxygen atoms in total. The van der Waals surface area contributed by atoms with Crippen molar-refractivity contribution in [1.82, 2.24) is 0 Å². The highest BCUT2D eigenvalue weighted by atomic mass is 35.5. The first-order chi connectivity index (χ1) is 15.7. The number of ketones is 1. The summed E-state index contributed by atoms with van der Waals surface area (Å²) < 4.78 is 21.4. The normalized spacial score (nSPS) is 11.7. The van der Waals surface area contributed by atoms with Gasteiger partial charge in [-0.2, -0.15) is 10.2 Å². The maximum absolute atomic E-state index is 12.9. The number of carbonyl (C=O) groups excluding carboxylic acids is 2. The number of halogens is 2. The highest BCUT2D eigenvalue weighted by Gasteiger charge is 2.25. The van der Waals surface area contributed by atoms with Crippen molar-refractivity contribution < 1.29 is 28.5 Å². The number of ether oxygens (including phenoxy) is 4. The second kappa shape index (κ2) is 12.3. The summed E-state index contributed by atoms with van der Waals surface area (Å²) in [5.41, 5.74) is 0.399. The van der Waals surface area contributed by atoms with Gasteiger partial charge in [-0.25, -0.2) is 0 Å². The van der Waals surface area contributed by atoms with Gasteiger partial charge in [0.25, 0.3) is 5.91 Å². The Morgan fingerprint density at radius 3 is 2.27 bits per heavy atom. The molecule has 0 aliphatic carbocycles. The number of methoxy groups -OCH3 is 2. The molecule has 2 rings (SSSR count). The smallest absolute Gasteiger partial charge is 0.258 e. The number of carbonyl (C=O) groups is 2. The van der Waals surface area contributed by atoms with Gasteiger partial charge in [0, 0.05) is 24.3 Å². The number of hydrogen-bond acceptors (Lipinski definition) is 8. The SMILES string of the molecule is CCOc1cc(NC(=O)C(N=Nc2cc(OC)cc(Cl)c2OC)C(C)=O)c(Cl)c(OCC)c1. The molecule has 0 fully saturated rings. The quantitative estimate of drug-likeness (QED) is 0.324. The van der Waals surface area contributed by atoms with E-state index in [-0.39, 0.29) is 27.2 Å². The Kier molecular flexibility index (Phi) is 9.74. The van der Waals surface area contributed by atoms with Crippen molar-refractivity contribution in [3.63, 3.8) is 0 Å². The predicted octanol–water partition coefficient (Wildman–Crippen LogP) is 5.49. The van der Waals surface area contributed by atoms with Crippen molar-refractivity contribution in [2.24, 2.45) is 10.2 Å². The van der Waals surface area contributed by atoms with Crippen molar-refractivity contribution in [2.45, 2.75) is 26.8 Å². The number of nitrogens with one attached hydrogen (secondary N) is 1. The van der Waals surface area contributed by atoms with Crippen LogP contribution in [0.4, 0.5) is 11.4 Å². The molecule has 178 valence electrons. The molecule has 1 atom stereocenters. The third-order valence-electron chi connectivity index (χ3n) is 4.23. The molecule has 2 aromatic rings. The van der Waals surface area contributed by atoms with Gasteiger partial charge in [-0.1, -0.05) is 23.2 Å². The average Bonchev–Trinajstić information content (AvgIpc) is 2.76. The van der Waals surface area contributed by atoms with Gasteiger partial charge < -0.3 is 24.3 Å². The number of hydrogen-bond donors (Lipinski definition) is 1. The van der Waals surface area contributed by atoms with Gasteiger partial charge in [-0.05, 0) is 20.8 Å². The standard InChI is InChI=1S/C22H25Cl2N3O6/c1-6-32-14-10-16(19(24)18(11-14)33-7-2)25-22(29)20(12(3)28)27-26-17-9-13(30-4)8-15(23)21(17)31-5/h8-11,20H,6-7H2,1-5H3,(H,25,29). The van der Waals surface area contributed by atoms with Crippen LogP contribution in [0.5, 0.6) is 23.0 Å². The third-order valence-corrected chi connectivity index (χ3v) is 4.90. The molecule has 33 heavy (non-hydrogen) atoms. The van der Waals surface area contributed by atoms with Crippen LogP contribution >= 0.6 is 23.2 Å². The summed E-state index contributed by atoms with van der Waals surface area (Å²) in [4.78, 5) is 25.1. The minimum Gasteiger partial charge on any atom is -0.497 e. The van der Waals surface area contributed by atoms with E-state index in [0.717, 1.165) is 0 Å². The van der Waals surface area contributed by atoms with E-state index in [0.29, 0.717) is 30.5 Å². The van der Waals surface area contributed by atoms with E-state index >= 15 is 0 Å². The van der Waals surface area contributed by atoms with Crippen molar-refractivity contribution in [1.29, 1.82) is 0 Å². The summed E-state index contributed by atoms with van der Waals surface area (Å²) in [7, 11) is 2.87. The van der Waals surface area contributed by atoms with Gasteiger partial charge in [0.2, 0.25) is 6.04 Å². The van der Waals surface area contributed by atoms with Crippen LogP contribution < -0.4 is 24.3 Å². The molecule has 11 heteroatoms. The summed E-state index contributed by atoms with van der Waals surface area (Å²) >= 11 is 12.5. The fourth-order valence-electron chi connectivity index (χ4n) is 2.76. The zero-order valence-corrected chi connectivity index (χ0v) is 20.4. The number of Topliss-reactive ketones (excluding diaryl/α,β-unsaturated/α-hetero) is 1. The van der Waals surface area contributed by atoms with Crippen molar-refractivity contribution in [2.75, 3.05) is 32.8 Å². The minimum atomic E-state index is -1.46. The maximum Gasteiger partial charge on any atom is 0.258 e. The van der Waals surface area contributed by atoms with E-state index in [1.54, 1.807) is 13.0 Å². The largest absolute Gasteiger partial charge is 0.497 e. The summed E-state index contributed by atoms with van der Waals surface area (Å²) in [5.74, 6) is 0.123. The number of rotatable bonds is 11. The van der Waals surface area contributed by atoms with Crippen LogP contribution in [0.25, 0.3) is 0 Å². The average molecular weight is 498 g/mol. The topological polar surface area (TPSA) is 108 Å². The lowest BCUT2D eigenvalue weighted by Crippen LogP contribution is -2.32. The van der Waals surface area contributed by atoms with Gasteiger partial charge in [0.1, 0.15) is 28.0 Å². The fourth-order valence-corrected chi connectivity index (χ4v) is 3.25. The summed E-state index contributed by atoms with van der Waals surface area (Å²) in [6.45, 7) is 5.60. The minimum absolute atomic E-state index is 0.161. The van der Waals surface area contributed by atoms with Crippen LogP contribution in [0.15, 0.2) is 34.5 Å². The van der Waals surface area contributed by atoms with Gasteiger partial charge in [-0.15, -0.1) is 0 Å². The number of amides is 1. The second-order valence-corrected chi connectivity index (χ2v) is 7.31. The Bertz CT molecular complexity index is 1050. The molecule has 0 spiro atoms. The van der Waals surface area contributed by atoms with Crippen LogP contribution in [0.3, 0.4) is 0 Å². The summed E-state index contributed by atoms with van der Waals surface area (Å²) in [6.07, 6.45) is 0. The second-order valence-electron chi connectivity index (χ2n) is 6.53. The van der Waals surface area contributed by atoms with Gasteiger partial charge in [0.15, 0.2) is 11.5 Å². The molecule has 0 aliphatic heterocycles. The molecule has 1 amide bonds. The Hall–Kier alpha value is -3.04. The Balaban J connectivity index is 2.38. The number of nitrogens with zero attached hydrogens (tertiary/aromatic N) is 2. The molecule has 1 N–H and O–H groups in total. The maximum atomic E-state index is 12.9. The highest BCUT2D eigenvalue weighted by molar-refractivity contribution is 6.35. The van der Waals surface area contributed by atoms with Crippen LogP contribution in [-0.4, -0.2) is 45.2 Å². The fraction of sp³-hybridized carbons (Fsp3) is 0.364. The number of benzene rings is 2. The van der Waals surface area contributed by atoms with Crippen molar-refractivity contribution in [3.05, 3.63) is 34.3 Å². The lowest BCUT2D eigenvalue weighted by Gasteiger charge is -2.15. The monoisotopic (exact) mass is 497 g/mol. The Morgan fingerprint density at radius 1 is 1.00 bits per heavy atom. The molecule has 0 saturated heterocycles. The molecule has 1 unspecified atom stereocenters. The van der Waals surface area contributed by atoms with Crippen molar-refractivity contribution >= 4 is 46.3 Å². The number of azo groups is 1. The first-order valence-corrected chi connectivity index (χ1v) is 10.7. The first kappa shape index (κ1) is 26.2. The molecule has 2 aromatic carbocycles. The van der Waals surface area contributed by atoms with Crippen LogP contribution in [0.2, 0.25) is 10.0 Å². The van der Waals surface area contributed by atoms with Gasteiger partial charge in [0.05, 0.1) is 38.1 Å². The van der Waals surface area contributed by atoms with E-state index in [4.69, 9.17) is 42.1 Å². The predicted molar refractivity (Wildman–Crippen MR) is 126 cm³/mol. The van der Waals surface area contributed by atoms with Crippen LogP contribution in [0.1, 0.15) is 20.8 Å². The molecule has 0 aliphatic rings. The van der Waals surface area contributed by atoms with Crippen molar-refractivity contribution in [3.8, 4) is 23.0 Å². The Labute approximate surface area is 202 Å². The molecule has 0 saturated carbocycles. The zero-order valence-electron chi connectivity index (χ0n) is 18.9. The lowest BCUT2D eigenvalue weighted by atomic mass is 10.2. The Morgan fingerprint density at radius 2 is 1.70 bits per heavy atom. The molecule has 0 bridgehead atoms. The van der Waals surface area contributed by atoms with E-state index in [2.05, 4.69) is 15.5 Å². The van der Waals surface area contributed by atoms with E-state index < -0.39 is 17.7 Å². The molecular weight excluding hydrogens is 473 g/mol. The van der Waals surface area contributed by atoms with E-state index in [1.807, 2.05) is 6.92 Å². The summed E-state index contributed by atoms with van der Waals surface area (Å²) in [6, 6.07) is 4.75. The van der Waals surface area contributed by atoms with Crippen LogP contribution in [0, 0.1) is 0 Å².